The zero-order chi connectivity index (χ0) is 50.7. The van der Waals surface area contributed by atoms with Gasteiger partial charge in [0.2, 0.25) is 0 Å². The first kappa shape index (κ1) is 50.4. The molecule has 72 heavy (non-hydrogen) atoms. The molecular weight excluding hydrogens is 934 g/mol. The molecule has 1 fully saturated rings. The molecule has 8 aromatic rings. The third-order valence-electron chi connectivity index (χ3n) is 14.6. The lowest BCUT2D eigenvalue weighted by molar-refractivity contribution is 0.0972. The van der Waals surface area contributed by atoms with Crippen molar-refractivity contribution in [3.63, 3.8) is 0 Å². The molecule has 0 amide bonds. The Bertz CT molecular complexity index is 3240. The van der Waals surface area contributed by atoms with Crippen LogP contribution in [0.3, 0.4) is 0 Å². The van der Waals surface area contributed by atoms with Crippen LogP contribution in [0.4, 0.5) is 26.3 Å². The van der Waals surface area contributed by atoms with Crippen molar-refractivity contribution >= 4 is 34.0 Å². The standard InChI is InChI=1S/C62H57F6N2OP/c1-5-7-16-39(4)72(71,44-17-9-8-10-18-44)45(15-6-2)35-38(3)46-31-33-52(49-21-13-11-19-47(46)49)58-54(65)36-55(66)59(61(68)60(58)67)53-34-32-51(48-20-12-14-22-50(48)53)57-37-56(40-23-27-42(63)28-24-40)69-62(70-57)41-25-29-43(64)30-26-41/h5,7-14,16-34,37-38,45,54-55,58-61H,6,15,35-36H2,1-4H3/b7-5-,39-16+/t38?,45?,54?,55?,58?,59?,60-,61?,72?/m1/s1. The molecule has 1 aromatic heterocycles. The van der Waals surface area contributed by atoms with Crippen LogP contribution in [0.25, 0.3) is 55.4 Å². The summed E-state index contributed by atoms with van der Waals surface area (Å²) < 4.78 is 112. The van der Waals surface area contributed by atoms with Crippen molar-refractivity contribution in [1.82, 2.24) is 9.97 Å². The summed E-state index contributed by atoms with van der Waals surface area (Å²) in [4.78, 5) is 9.61. The summed E-state index contributed by atoms with van der Waals surface area (Å²) in [7, 11) is -3.11. The summed E-state index contributed by atoms with van der Waals surface area (Å²) in [5, 5.41) is 3.98. The maximum Gasteiger partial charge on any atom is 0.160 e. The summed E-state index contributed by atoms with van der Waals surface area (Å²) >= 11 is 0. The fraction of sp³-hybridized carbons (Fsp3) is 0.258. The second kappa shape index (κ2) is 21.6. The molecule has 7 aromatic carbocycles. The second-order valence-corrected chi connectivity index (χ2v) is 22.4. The molecule has 9 rings (SSSR count). The molecule has 0 N–H and O–H groups in total. The lowest BCUT2D eigenvalue weighted by atomic mass is 9.80. The Balaban J connectivity index is 1.07. The average molecular weight is 991 g/mol. The molecule has 368 valence electrons. The zero-order valence-corrected chi connectivity index (χ0v) is 41.6. The monoisotopic (exact) mass is 990 g/mol. The Kier molecular flexibility index (Phi) is 15.1. The molecule has 1 aliphatic carbocycles. The van der Waals surface area contributed by atoms with Crippen LogP contribution < -0.4 is 5.30 Å². The van der Waals surface area contributed by atoms with Gasteiger partial charge in [-0.15, -0.1) is 0 Å². The highest BCUT2D eigenvalue weighted by atomic mass is 31.2. The molecule has 1 heterocycles. The van der Waals surface area contributed by atoms with Crippen molar-refractivity contribution in [2.24, 2.45) is 0 Å². The van der Waals surface area contributed by atoms with Gasteiger partial charge in [0.1, 0.15) is 43.5 Å². The Hall–Kier alpha value is -6.57. The minimum atomic E-state index is -3.11. The first-order chi connectivity index (χ1) is 34.8. The highest BCUT2D eigenvalue weighted by Gasteiger charge is 2.49. The van der Waals surface area contributed by atoms with Crippen molar-refractivity contribution in [2.45, 2.75) is 101 Å². The Labute approximate surface area is 418 Å². The van der Waals surface area contributed by atoms with E-state index in [1.807, 2.05) is 80.6 Å². The number of hydrogen-bond acceptors (Lipinski definition) is 3. The van der Waals surface area contributed by atoms with E-state index in [1.54, 1.807) is 84.9 Å². The van der Waals surface area contributed by atoms with Gasteiger partial charge in [0.05, 0.1) is 23.2 Å². The quantitative estimate of drug-likeness (QED) is 0.0472. The number of allylic oxidation sites excluding steroid dienone is 4. The Morgan fingerprint density at radius 3 is 1.78 bits per heavy atom. The van der Waals surface area contributed by atoms with Gasteiger partial charge in [-0.3, -0.25) is 0 Å². The smallest absolute Gasteiger partial charge is 0.160 e. The van der Waals surface area contributed by atoms with E-state index in [0.29, 0.717) is 50.7 Å². The Morgan fingerprint density at radius 2 is 1.18 bits per heavy atom. The molecule has 9 atom stereocenters. The van der Waals surface area contributed by atoms with E-state index in [9.17, 15) is 8.78 Å². The van der Waals surface area contributed by atoms with E-state index in [1.165, 1.54) is 24.3 Å². The topological polar surface area (TPSA) is 42.9 Å². The lowest BCUT2D eigenvalue weighted by Gasteiger charge is -2.32. The van der Waals surface area contributed by atoms with Crippen LogP contribution in [0, 0.1) is 11.6 Å². The summed E-state index contributed by atoms with van der Waals surface area (Å²) in [6, 6.07) is 44.1. The largest absolute Gasteiger partial charge is 0.314 e. The van der Waals surface area contributed by atoms with E-state index in [4.69, 9.17) is 9.97 Å². The van der Waals surface area contributed by atoms with Crippen molar-refractivity contribution in [1.29, 1.82) is 0 Å². The molecule has 1 saturated carbocycles. The summed E-state index contributed by atoms with van der Waals surface area (Å²) in [5.74, 6) is -3.98. The third-order valence-corrected chi connectivity index (χ3v) is 18.4. The highest BCUT2D eigenvalue weighted by molar-refractivity contribution is 7.76. The van der Waals surface area contributed by atoms with Crippen molar-refractivity contribution < 1.29 is 30.9 Å². The normalized spacial score (nSPS) is 21.4. The third kappa shape index (κ3) is 9.85. The van der Waals surface area contributed by atoms with Crippen LogP contribution in [0.5, 0.6) is 0 Å². The molecule has 3 nitrogen and oxygen atoms in total. The highest BCUT2D eigenvalue weighted by Crippen LogP contribution is 2.61. The molecule has 0 radical (unpaired) electrons. The van der Waals surface area contributed by atoms with Gasteiger partial charge in [-0.05, 0) is 131 Å². The van der Waals surface area contributed by atoms with Crippen LogP contribution in [0.2, 0.25) is 0 Å². The van der Waals surface area contributed by atoms with Crippen LogP contribution in [-0.4, -0.2) is 40.3 Å². The second-order valence-electron chi connectivity index (χ2n) is 19.1. The van der Waals surface area contributed by atoms with E-state index in [-0.39, 0.29) is 28.5 Å². The number of fused-ring (bicyclic) bond motifs is 2. The van der Waals surface area contributed by atoms with Gasteiger partial charge in [-0.1, -0.05) is 142 Å². The molecule has 0 bridgehead atoms. The lowest BCUT2D eigenvalue weighted by Crippen LogP contribution is -2.33. The van der Waals surface area contributed by atoms with Crippen molar-refractivity contribution in [2.75, 3.05) is 0 Å². The molecule has 0 saturated heterocycles. The molecule has 1 aliphatic rings. The number of hydrogen-bond donors (Lipinski definition) is 0. The number of nitrogens with zero attached hydrogens (tertiary/aromatic N) is 2. The minimum Gasteiger partial charge on any atom is -0.314 e. The summed E-state index contributed by atoms with van der Waals surface area (Å²) in [6.45, 7) is 8.06. The SMILES string of the molecule is C/C=C\C=C(/C)P(=O)(c1ccccc1)C(CCC)CC(C)c1ccc(C2C(F)CC(F)C(c3ccc(-c4cc(-c5ccc(F)cc5)nc(-c5ccc(F)cc5)n4)c4ccccc34)C(F)[C@@H]2F)c2ccccc12. The fourth-order valence-corrected chi connectivity index (χ4v) is 14.6. The number of rotatable bonds is 14. The predicted octanol–water partition coefficient (Wildman–Crippen LogP) is 17.5. The number of alkyl halides is 4. The zero-order valence-electron chi connectivity index (χ0n) is 40.7. The summed E-state index contributed by atoms with van der Waals surface area (Å²) in [5.41, 5.74) is 3.80. The van der Waals surface area contributed by atoms with Crippen LogP contribution in [-0.2, 0) is 4.57 Å². The Morgan fingerprint density at radius 1 is 0.653 bits per heavy atom. The molecule has 10 heteroatoms. The van der Waals surface area contributed by atoms with Gasteiger partial charge in [0, 0.05) is 34.1 Å². The summed E-state index contributed by atoms with van der Waals surface area (Å²) in [6.07, 6.45) is -1.77. The minimum absolute atomic E-state index is 0.125. The molecule has 8 unspecified atom stereocenters. The molecule has 0 spiro atoms. The van der Waals surface area contributed by atoms with Gasteiger partial charge in [-0.25, -0.2) is 36.3 Å². The van der Waals surface area contributed by atoms with Gasteiger partial charge < -0.3 is 4.57 Å². The fourth-order valence-electron chi connectivity index (χ4n) is 11.0. The maximum atomic E-state index is 17.4. The molecule has 0 aliphatic heterocycles. The van der Waals surface area contributed by atoms with E-state index >= 15 is 22.1 Å². The van der Waals surface area contributed by atoms with Crippen LogP contribution in [0.15, 0.2) is 181 Å². The van der Waals surface area contributed by atoms with Gasteiger partial charge in [0.25, 0.3) is 0 Å². The van der Waals surface area contributed by atoms with Crippen LogP contribution >= 0.6 is 7.14 Å². The number of benzene rings is 7. The van der Waals surface area contributed by atoms with Crippen molar-refractivity contribution in [3.8, 4) is 33.9 Å². The van der Waals surface area contributed by atoms with E-state index in [2.05, 4.69) is 13.8 Å². The van der Waals surface area contributed by atoms with E-state index in [0.717, 1.165) is 34.4 Å². The van der Waals surface area contributed by atoms with Gasteiger partial charge >= 0.3 is 0 Å². The van der Waals surface area contributed by atoms with Crippen molar-refractivity contribution in [3.05, 3.63) is 210 Å². The number of halogens is 6. The maximum absolute atomic E-state index is 17.4. The van der Waals surface area contributed by atoms with E-state index < -0.39 is 61.7 Å². The first-order valence-corrected chi connectivity index (χ1v) is 26.6. The molecular formula is C62H57F6N2OP. The van der Waals surface area contributed by atoms with Gasteiger partial charge in [-0.2, -0.15) is 0 Å². The van der Waals surface area contributed by atoms with Gasteiger partial charge in [0.15, 0.2) is 5.82 Å². The van der Waals surface area contributed by atoms with Crippen LogP contribution in [0.1, 0.15) is 87.8 Å². The number of aromatic nitrogens is 2. The predicted molar refractivity (Wildman–Crippen MR) is 283 cm³/mol. The average Bonchev–Trinajstić information content (AvgIpc) is 3.48. The first-order valence-electron chi connectivity index (χ1n) is 24.8.